The van der Waals surface area contributed by atoms with Crippen molar-refractivity contribution in [2.24, 2.45) is 0 Å². The number of hydrogen-bond acceptors (Lipinski definition) is 13. The molecular formula is C60H68O13Si. The van der Waals surface area contributed by atoms with Crippen LogP contribution in [0.4, 0.5) is 0 Å². The molecule has 0 spiro atoms. The molecule has 6 aromatic rings. The van der Waals surface area contributed by atoms with Gasteiger partial charge in [0, 0.05) is 0 Å². The Balaban J connectivity index is 1.21. The fourth-order valence-electron chi connectivity index (χ4n) is 8.48. The highest BCUT2D eigenvalue weighted by atomic mass is 28.4. The molecule has 2 saturated heterocycles. The fraction of sp³-hybridized carbons (Fsp3) is 0.367. The van der Waals surface area contributed by atoms with Crippen LogP contribution in [0, 0.1) is 0 Å². The minimum Gasteiger partial charge on any atom is -0.459 e. The zero-order valence-electron chi connectivity index (χ0n) is 42.7. The third kappa shape index (κ3) is 14.7. The van der Waals surface area contributed by atoms with E-state index in [1.807, 2.05) is 133 Å². The first-order valence-electron chi connectivity index (χ1n) is 25.2. The van der Waals surface area contributed by atoms with Gasteiger partial charge < -0.3 is 52.2 Å². The highest BCUT2D eigenvalue weighted by molar-refractivity contribution is 6.74. The number of aliphatic hydroxyl groups excluding tert-OH is 1. The van der Waals surface area contributed by atoms with Crippen LogP contribution in [0.15, 0.2) is 182 Å². The van der Waals surface area contributed by atoms with Crippen LogP contribution in [0.2, 0.25) is 18.1 Å². The van der Waals surface area contributed by atoms with E-state index in [2.05, 4.69) is 33.9 Å². The molecule has 2 aliphatic rings. The first-order valence-corrected chi connectivity index (χ1v) is 28.1. The number of esters is 2. The maximum absolute atomic E-state index is 14.4. The van der Waals surface area contributed by atoms with Gasteiger partial charge in [-0.2, -0.15) is 0 Å². The topological polar surface area (TPSA) is 147 Å². The highest BCUT2D eigenvalue weighted by Gasteiger charge is 2.56. The van der Waals surface area contributed by atoms with Gasteiger partial charge in [0.2, 0.25) is 0 Å². The molecule has 8 rings (SSSR count). The minimum absolute atomic E-state index is 0.0345. The van der Waals surface area contributed by atoms with E-state index in [1.54, 1.807) is 48.5 Å². The standard InChI is InChI=1S/C60H68O13Si/c1-60(2,3)74(4,5)73-59-55(71-57(63)47-34-22-11-23-35-47)54(67-39-45-30-18-9-19-31-45)52(48(70-59)40-64-36-42-24-12-6-13-25-42)72-58-53(66-38-44-28-16-8-17-29-44)50(61)51(65-37-43-26-14-7-15-27-43)49(69-58)41-68-56(62)46-32-20-10-21-33-46/h6-35,48-55,58-59,61H,36-41H2,1-5H3/t48?,49?,50?,51-,52+,53?,54?,55?,58-,59?/m1/s1. The Kier molecular flexibility index (Phi) is 19.1. The molecule has 390 valence electrons. The molecule has 7 unspecified atom stereocenters. The normalized spacial score (nSPS) is 24.2. The van der Waals surface area contributed by atoms with Crippen molar-refractivity contribution in [2.45, 2.75) is 127 Å². The van der Waals surface area contributed by atoms with Gasteiger partial charge in [-0.05, 0) is 64.7 Å². The largest absolute Gasteiger partial charge is 0.459 e. The fourth-order valence-corrected chi connectivity index (χ4v) is 9.60. The van der Waals surface area contributed by atoms with Crippen LogP contribution in [-0.4, -0.2) is 100.0 Å². The molecule has 1 N–H and O–H groups in total. The van der Waals surface area contributed by atoms with Crippen LogP contribution >= 0.6 is 0 Å². The number of carbonyl (C=O) groups is 2. The van der Waals surface area contributed by atoms with Crippen molar-refractivity contribution in [3.63, 3.8) is 0 Å². The molecular weight excluding hydrogens is 957 g/mol. The average Bonchev–Trinajstić information content (AvgIpc) is 3.41. The molecule has 0 amide bonds. The lowest BCUT2D eigenvalue weighted by Crippen LogP contribution is -2.67. The molecule has 0 aliphatic carbocycles. The van der Waals surface area contributed by atoms with Gasteiger partial charge in [-0.1, -0.05) is 178 Å². The highest BCUT2D eigenvalue weighted by Crippen LogP contribution is 2.41. The average molecular weight is 1030 g/mol. The molecule has 74 heavy (non-hydrogen) atoms. The summed E-state index contributed by atoms with van der Waals surface area (Å²) >= 11 is 0. The van der Waals surface area contributed by atoms with E-state index in [-0.39, 0.29) is 44.7 Å². The molecule has 2 aliphatic heterocycles. The summed E-state index contributed by atoms with van der Waals surface area (Å²) in [7, 11) is -2.70. The van der Waals surface area contributed by atoms with Crippen molar-refractivity contribution in [3.05, 3.63) is 215 Å². The molecule has 6 aromatic carbocycles. The maximum atomic E-state index is 14.4. The van der Waals surface area contributed by atoms with E-state index in [0.29, 0.717) is 11.1 Å². The number of carbonyl (C=O) groups excluding carboxylic acids is 2. The van der Waals surface area contributed by atoms with Gasteiger partial charge in [0.15, 0.2) is 27.0 Å². The first-order chi connectivity index (χ1) is 35.8. The molecule has 0 radical (unpaired) electrons. The van der Waals surface area contributed by atoms with E-state index in [4.69, 9.17) is 47.1 Å². The van der Waals surface area contributed by atoms with Crippen molar-refractivity contribution >= 4 is 20.3 Å². The Morgan fingerprint density at radius 1 is 0.486 bits per heavy atom. The van der Waals surface area contributed by atoms with E-state index < -0.39 is 81.7 Å². The van der Waals surface area contributed by atoms with Crippen molar-refractivity contribution in [2.75, 3.05) is 13.2 Å². The Labute approximate surface area is 435 Å². The summed E-state index contributed by atoms with van der Waals surface area (Å²) in [6.45, 7) is 10.7. The van der Waals surface area contributed by atoms with E-state index in [1.165, 1.54) is 0 Å². The lowest BCUT2D eigenvalue weighted by Gasteiger charge is -2.51. The first kappa shape index (κ1) is 54.4. The van der Waals surface area contributed by atoms with Gasteiger partial charge in [0.05, 0.1) is 44.2 Å². The Morgan fingerprint density at radius 3 is 1.38 bits per heavy atom. The van der Waals surface area contributed by atoms with Crippen LogP contribution in [0.1, 0.15) is 63.7 Å². The van der Waals surface area contributed by atoms with Crippen LogP contribution in [0.25, 0.3) is 0 Å². The van der Waals surface area contributed by atoms with Gasteiger partial charge in [-0.15, -0.1) is 0 Å². The third-order valence-electron chi connectivity index (χ3n) is 13.6. The number of ether oxygens (including phenoxy) is 9. The van der Waals surface area contributed by atoms with Gasteiger partial charge in [-0.3, -0.25) is 0 Å². The van der Waals surface area contributed by atoms with Crippen molar-refractivity contribution in [1.82, 2.24) is 0 Å². The number of rotatable bonds is 22. The summed E-state index contributed by atoms with van der Waals surface area (Å²) in [4.78, 5) is 27.9. The lowest BCUT2D eigenvalue weighted by atomic mass is 9.96. The summed E-state index contributed by atoms with van der Waals surface area (Å²) in [6, 6.07) is 55.8. The summed E-state index contributed by atoms with van der Waals surface area (Å²) in [5, 5.41) is 12.4. The second kappa shape index (κ2) is 26.1. The lowest BCUT2D eigenvalue weighted by molar-refractivity contribution is -0.365. The van der Waals surface area contributed by atoms with Crippen LogP contribution < -0.4 is 0 Å². The molecule has 2 fully saturated rings. The van der Waals surface area contributed by atoms with Crippen LogP contribution in [0.5, 0.6) is 0 Å². The summed E-state index contributed by atoms with van der Waals surface area (Å²) in [6.07, 6.45) is -11.8. The van der Waals surface area contributed by atoms with Gasteiger partial charge in [-0.25, -0.2) is 9.59 Å². The van der Waals surface area contributed by atoms with Crippen LogP contribution in [-0.2, 0) is 73.5 Å². The molecule has 10 atom stereocenters. The molecule has 0 saturated carbocycles. The summed E-state index contributed by atoms with van der Waals surface area (Å²) < 4.78 is 67.5. The minimum atomic E-state index is -2.70. The summed E-state index contributed by atoms with van der Waals surface area (Å²) in [5.74, 6) is -1.21. The zero-order chi connectivity index (χ0) is 51.9. The third-order valence-corrected chi connectivity index (χ3v) is 18.0. The Morgan fingerprint density at radius 2 is 0.892 bits per heavy atom. The monoisotopic (exact) mass is 1020 g/mol. The molecule has 0 bridgehead atoms. The predicted octanol–water partition coefficient (Wildman–Crippen LogP) is 10.3. The second-order valence-electron chi connectivity index (χ2n) is 20.0. The van der Waals surface area contributed by atoms with E-state index in [9.17, 15) is 14.7 Å². The smallest absolute Gasteiger partial charge is 0.338 e. The summed E-state index contributed by atoms with van der Waals surface area (Å²) in [5.41, 5.74) is 4.11. The quantitative estimate of drug-likeness (QED) is 0.0509. The molecule has 13 nitrogen and oxygen atoms in total. The second-order valence-corrected chi connectivity index (χ2v) is 24.8. The SMILES string of the molecule is CC(C)(C)[Si](C)(C)OC1OC(COCc2ccccc2)[C@H](O[C@H]2OC(COC(=O)c3ccccc3)[C@@H](OCc3ccccc3)C(O)C2OCc2ccccc2)C(OCc2ccccc2)C1OC(=O)c1ccccc1. The Hall–Kier alpha value is -5.88. The molecule has 2 heterocycles. The van der Waals surface area contributed by atoms with Gasteiger partial charge in [0.25, 0.3) is 0 Å². The maximum Gasteiger partial charge on any atom is 0.338 e. The number of hydrogen-bond donors (Lipinski definition) is 1. The number of benzene rings is 6. The van der Waals surface area contributed by atoms with E-state index >= 15 is 0 Å². The number of aliphatic hydroxyl groups is 1. The molecule has 14 heteroatoms. The zero-order valence-corrected chi connectivity index (χ0v) is 43.7. The van der Waals surface area contributed by atoms with Crippen molar-refractivity contribution in [1.29, 1.82) is 0 Å². The predicted molar refractivity (Wildman–Crippen MR) is 280 cm³/mol. The molecule has 0 aromatic heterocycles. The van der Waals surface area contributed by atoms with Crippen molar-refractivity contribution < 1.29 is 61.8 Å². The van der Waals surface area contributed by atoms with Crippen LogP contribution in [0.3, 0.4) is 0 Å². The van der Waals surface area contributed by atoms with Gasteiger partial charge in [0.1, 0.15) is 49.3 Å². The van der Waals surface area contributed by atoms with Gasteiger partial charge >= 0.3 is 11.9 Å². The van der Waals surface area contributed by atoms with E-state index in [0.717, 1.165) is 22.3 Å². The Bertz CT molecular complexity index is 2610. The van der Waals surface area contributed by atoms with Crippen molar-refractivity contribution in [3.8, 4) is 0 Å².